The van der Waals surface area contributed by atoms with Gasteiger partial charge in [-0.2, -0.15) is 0 Å². The average Bonchev–Trinajstić information content (AvgIpc) is 3.51. The number of hydrogen-bond acceptors (Lipinski definition) is 6. The van der Waals surface area contributed by atoms with E-state index < -0.39 is 11.8 Å². The molecule has 1 saturated heterocycles. The summed E-state index contributed by atoms with van der Waals surface area (Å²) >= 11 is 0. The van der Waals surface area contributed by atoms with E-state index in [1.807, 2.05) is 4.90 Å². The van der Waals surface area contributed by atoms with Crippen LogP contribution in [0, 0.1) is 5.82 Å². The lowest BCUT2D eigenvalue weighted by molar-refractivity contribution is 0.0663. The average molecular weight is 432 g/mol. The van der Waals surface area contributed by atoms with E-state index in [0.29, 0.717) is 46.6 Å². The van der Waals surface area contributed by atoms with Crippen molar-refractivity contribution in [3.63, 3.8) is 0 Å². The van der Waals surface area contributed by atoms with Crippen LogP contribution < -0.4 is 10.2 Å². The molecule has 2 aliphatic rings. The Kier molecular flexibility index (Phi) is 3.96. The smallest absolute Gasteiger partial charge is 0.372 e. The largest absolute Gasteiger partial charge is 0.475 e. The summed E-state index contributed by atoms with van der Waals surface area (Å²) in [6.45, 7) is 2.82. The molecule has 6 rings (SSSR count). The normalized spacial score (nSPS) is 15.3. The van der Waals surface area contributed by atoms with Crippen molar-refractivity contribution in [2.24, 2.45) is 0 Å². The molecule has 0 unspecified atom stereocenters. The number of halogens is 1. The number of nitrogens with zero attached hydrogens (tertiary/aromatic N) is 3. The molecule has 2 aliphatic heterocycles. The maximum absolute atomic E-state index is 15.3. The van der Waals surface area contributed by atoms with Crippen molar-refractivity contribution >= 4 is 28.5 Å². The summed E-state index contributed by atoms with van der Waals surface area (Å²) in [6.07, 6.45) is 2.89. The van der Waals surface area contributed by atoms with E-state index in [-0.39, 0.29) is 22.8 Å². The predicted molar refractivity (Wildman–Crippen MR) is 115 cm³/mol. The first-order valence-corrected chi connectivity index (χ1v) is 10.2. The van der Waals surface area contributed by atoms with Crippen LogP contribution in [0.15, 0.2) is 47.2 Å². The molecule has 8 nitrogen and oxygen atoms in total. The van der Waals surface area contributed by atoms with Gasteiger partial charge in [-0.3, -0.25) is 9.36 Å². The van der Waals surface area contributed by atoms with Crippen LogP contribution in [0.25, 0.3) is 33.4 Å². The number of fused-ring (bicyclic) bond motifs is 4. The predicted octanol–water partition coefficient (Wildman–Crippen LogP) is 3.21. The van der Waals surface area contributed by atoms with Crippen molar-refractivity contribution in [2.45, 2.75) is 0 Å². The summed E-state index contributed by atoms with van der Waals surface area (Å²) < 4.78 is 22.0. The number of benzene rings is 1. The fourth-order valence-electron chi connectivity index (χ4n) is 4.64. The highest BCUT2D eigenvalue weighted by Gasteiger charge is 2.34. The van der Waals surface area contributed by atoms with Crippen LogP contribution in [0.5, 0.6) is 0 Å². The summed E-state index contributed by atoms with van der Waals surface area (Å²) in [5.41, 5.74) is 2.74. The van der Waals surface area contributed by atoms with Crippen molar-refractivity contribution in [1.82, 2.24) is 14.9 Å². The Morgan fingerprint density at radius 3 is 2.78 bits per heavy atom. The molecular formula is C23H17FN4O4. The van der Waals surface area contributed by atoms with E-state index in [9.17, 15) is 14.7 Å². The van der Waals surface area contributed by atoms with E-state index in [1.54, 1.807) is 24.4 Å². The molecular weight excluding hydrogens is 415 g/mol. The monoisotopic (exact) mass is 432 g/mol. The Morgan fingerprint density at radius 2 is 2.00 bits per heavy atom. The van der Waals surface area contributed by atoms with E-state index in [0.717, 1.165) is 13.1 Å². The molecule has 32 heavy (non-hydrogen) atoms. The van der Waals surface area contributed by atoms with Gasteiger partial charge in [-0.1, -0.05) is 0 Å². The fourth-order valence-corrected chi connectivity index (χ4v) is 4.64. The molecule has 0 saturated carbocycles. The third-order valence-electron chi connectivity index (χ3n) is 6.06. The number of carboxylic acid groups (broad SMARTS) is 1. The maximum atomic E-state index is 15.3. The quantitative estimate of drug-likeness (QED) is 0.452. The Labute approximate surface area is 180 Å². The minimum atomic E-state index is -1.27. The van der Waals surface area contributed by atoms with Gasteiger partial charge in [0.1, 0.15) is 11.5 Å². The Balaban J connectivity index is 1.69. The summed E-state index contributed by atoms with van der Waals surface area (Å²) in [6, 6.07) is 8.03. The zero-order valence-corrected chi connectivity index (χ0v) is 16.8. The van der Waals surface area contributed by atoms with E-state index in [2.05, 4.69) is 5.32 Å². The number of pyridine rings is 1. The zero-order valence-electron chi connectivity index (χ0n) is 16.8. The molecule has 0 atom stereocenters. The number of hydrogen-bond donors (Lipinski definition) is 2. The van der Waals surface area contributed by atoms with Crippen molar-refractivity contribution in [1.29, 1.82) is 0 Å². The number of anilines is 1. The van der Waals surface area contributed by atoms with Gasteiger partial charge in [0.05, 0.1) is 28.7 Å². The third kappa shape index (κ3) is 2.54. The molecule has 1 fully saturated rings. The van der Waals surface area contributed by atoms with E-state index >= 15 is 4.39 Å². The second kappa shape index (κ2) is 6.76. The molecule has 2 N–H and O–H groups in total. The van der Waals surface area contributed by atoms with Gasteiger partial charge in [0, 0.05) is 48.9 Å². The highest BCUT2D eigenvalue weighted by Crippen LogP contribution is 2.43. The number of nitrogens with one attached hydrogen (secondary N) is 1. The second-order valence-electron chi connectivity index (χ2n) is 7.81. The minimum Gasteiger partial charge on any atom is -0.475 e. The summed E-state index contributed by atoms with van der Waals surface area (Å²) in [7, 11) is 0. The van der Waals surface area contributed by atoms with Crippen molar-refractivity contribution in [3.05, 3.63) is 59.9 Å². The van der Waals surface area contributed by atoms with Crippen LogP contribution in [-0.4, -0.2) is 52.7 Å². The molecule has 160 valence electrons. The summed E-state index contributed by atoms with van der Waals surface area (Å²) in [5.74, 6) is -2.37. The molecule has 1 aromatic carbocycles. The lowest BCUT2D eigenvalue weighted by atomic mass is 9.93. The van der Waals surface area contributed by atoms with Crippen molar-refractivity contribution in [2.75, 3.05) is 31.1 Å². The topological polar surface area (TPSA) is 101 Å². The number of furan rings is 1. The van der Waals surface area contributed by atoms with Gasteiger partial charge in [-0.25, -0.2) is 14.2 Å². The number of carbonyl (C=O) groups is 2. The van der Waals surface area contributed by atoms with Gasteiger partial charge in [0.2, 0.25) is 5.76 Å². The van der Waals surface area contributed by atoms with Crippen LogP contribution in [0.1, 0.15) is 20.9 Å². The zero-order chi connectivity index (χ0) is 22.0. The highest BCUT2D eigenvalue weighted by atomic mass is 19.1. The Bertz CT molecular complexity index is 1430. The van der Waals surface area contributed by atoms with Crippen LogP contribution in [-0.2, 0) is 0 Å². The molecule has 0 bridgehead atoms. The minimum absolute atomic E-state index is 0.217. The first-order valence-electron chi connectivity index (χ1n) is 10.2. The number of carbonyl (C=O) groups excluding carboxylic acids is 1. The van der Waals surface area contributed by atoms with Crippen molar-refractivity contribution < 1.29 is 23.5 Å². The van der Waals surface area contributed by atoms with Gasteiger partial charge < -0.3 is 19.7 Å². The number of rotatable bonds is 3. The number of aromatic nitrogens is 2. The molecule has 3 aromatic heterocycles. The van der Waals surface area contributed by atoms with Crippen LogP contribution in [0.3, 0.4) is 0 Å². The van der Waals surface area contributed by atoms with Gasteiger partial charge in [0.25, 0.3) is 5.91 Å². The molecule has 0 spiro atoms. The maximum Gasteiger partial charge on any atom is 0.372 e. The number of aromatic carboxylic acids is 1. The molecule has 0 amide bonds. The first kappa shape index (κ1) is 18.8. The van der Waals surface area contributed by atoms with Gasteiger partial charge >= 0.3 is 5.97 Å². The second-order valence-corrected chi connectivity index (χ2v) is 7.81. The van der Waals surface area contributed by atoms with Gasteiger partial charge in [-0.15, -0.1) is 0 Å². The highest BCUT2D eigenvalue weighted by molar-refractivity contribution is 6.19. The Morgan fingerprint density at radius 1 is 1.19 bits per heavy atom. The molecule has 9 heteroatoms. The molecule has 0 radical (unpaired) electrons. The van der Waals surface area contributed by atoms with E-state index in [4.69, 9.17) is 9.40 Å². The third-order valence-corrected chi connectivity index (χ3v) is 6.06. The summed E-state index contributed by atoms with van der Waals surface area (Å²) in [5, 5.41) is 13.2. The number of carboxylic acids is 1. The summed E-state index contributed by atoms with van der Waals surface area (Å²) in [4.78, 5) is 31.7. The van der Waals surface area contributed by atoms with Crippen LogP contribution in [0.4, 0.5) is 10.1 Å². The fraction of sp³-hybridized carbons (Fsp3) is 0.174. The van der Waals surface area contributed by atoms with Crippen molar-refractivity contribution in [3.8, 4) is 22.5 Å². The van der Waals surface area contributed by atoms with Gasteiger partial charge in [-0.05, 0) is 30.3 Å². The van der Waals surface area contributed by atoms with Gasteiger partial charge in [0.15, 0.2) is 0 Å². The van der Waals surface area contributed by atoms with E-state index in [1.165, 1.54) is 23.0 Å². The molecule has 5 heterocycles. The first-order chi connectivity index (χ1) is 15.5. The molecule has 0 aliphatic carbocycles. The standard InChI is InChI=1S/C23H17FN4O4/c24-14-10-13-15(11-17(14)27-7-4-25-5-8-27)26-20-16-2-1-6-28(16)22(29)19(20)18(13)12-3-9-32-21(12)23(30)31/h1-3,6,9-11,25H,4-5,7-8H2,(H,30,31). The lowest BCUT2D eigenvalue weighted by Gasteiger charge is -2.30. The SMILES string of the molecule is O=C(O)c1occc1-c1c2c(nc3cc(N4CCNCC4)c(F)cc13)-c1cccn1C2=O. The molecule has 4 aromatic rings. The Hall–Kier alpha value is -3.98. The lowest BCUT2D eigenvalue weighted by Crippen LogP contribution is -2.43. The van der Waals surface area contributed by atoms with Crippen LogP contribution >= 0.6 is 0 Å². The number of piperazine rings is 1. The van der Waals surface area contributed by atoms with Crippen LogP contribution in [0.2, 0.25) is 0 Å².